The van der Waals surface area contributed by atoms with E-state index in [1.807, 2.05) is 12.1 Å². The second-order valence-corrected chi connectivity index (χ2v) is 7.66. The van der Waals surface area contributed by atoms with Crippen LogP contribution in [-0.4, -0.2) is 61.5 Å². The molecule has 31 heavy (non-hydrogen) atoms. The Balaban J connectivity index is 0.000000267. The lowest BCUT2D eigenvalue weighted by atomic mass is 10.0. The highest BCUT2D eigenvalue weighted by atomic mass is 19.1. The predicted octanol–water partition coefficient (Wildman–Crippen LogP) is 3.41. The van der Waals surface area contributed by atoms with Gasteiger partial charge in [0.25, 0.3) is 0 Å². The van der Waals surface area contributed by atoms with E-state index in [1.165, 1.54) is 44.0 Å². The van der Waals surface area contributed by atoms with Crippen LogP contribution in [-0.2, 0) is 4.74 Å². The van der Waals surface area contributed by atoms with Crippen LogP contribution in [0, 0.1) is 0 Å². The second-order valence-electron chi connectivity index (χ2n) is 7.66. The lowest BCUT2D eigenvalue weighted by molar-refractivity contribution is 0.117. The van der Waals surface area contributed by atoms with Gasteiger partial charge in [0.15, 0.2) is 5.88 Å². The van der Waals surface area contributed by atoms with E-state index in [0.717, 1.165) is 24.2 Å². The van der Waals surface area contributed by atoms with E-state index in [9.17, 15) is 13.9 Å². The van der Waals surface area contributed by atoms with E-state index in [0.29, 0.717) is 6.10 Å². The number of hydrazine groups is 1. The van der Waals surface area contributed by atoms with Crippen molar-refractivity contribution in [1.29, 1.82) is 0 Å². The summed E-state index contributed by atoms with van der Waals surface area (Å²) in [6.45, 7) is 7.74. The van der Waals surface area contributed by atoms with Crippen molar-refractivity contribution in [3.8, 4) is 0 Å². The van der Waals surface area contributed by atoms with Crippen LogP contribution in [0.15, 0.2) is 71.0 Å². The molecule has 172 valence electrons. The van der Waals surface area contributed by atoms with Crippen molar-refractivity contribution < 1.29 is 18.6 Å². The Hall–Kier alpha value is -2.58. The number of rotatable bonds is 7. The molecule has 1 fully saturated rings. The minimum atomic E-state index is -0.692. The van der Waals surface area contributed by atoms with Crippen LogP contribution in [0.5, 0.6) is 0 Å². The Morgan fingerprint density at radius 3 is 2.55 bits per heavy atom. The van der Waals surface area contributed by atoms with Crippen molar-refractivity contribution in [3.63, 3.8) is 0 Å². The minimum Gasteiger partial charge on any atom is -0.476 e. The van der Waals surface area contributed by atoms with Gasteiger partial charge in [-0.1, -0.05) is 6.58 Å². The largest absolute Gasteiger partial charge is 0.476 e. The van der Waals surface area contributed by atoms with Gasteiger partial charge in [0, 0.05) is 33.8 Å². The van der Waals surface area contributed by atoms with Gasteiger partial charge in [-0.2, -0.15) is 0 Å². The summed E-state index contributed by atoms with van der Waals surface area (Å²) < 4.78 is 31.3. The van der Waals surface area contributed by atoms with Gasteiger partial charge < -0.3 is 25.1 Å². The Morgan fingerprint density at radius 1 is 1.39 bits per heavy atom. The molecule has 0 spiro atoms. The van der Waals surface area contributed by atoms with Crippen LogP contribution >= 0.6 is 0 Å². The fourth-order valence-electron chi connectivity index (χ4n) is 3.24. The molecule has 1 aliphatic carbocycles. The molecule has 0 amide bonds. The number of hydrogen-bond donors (Lipinski definition) is 3. The highest BCUT2D eigenvalue weighted by Crippen LogP contribution is 2.32. The molecule has 0 aromatic rings. The normalized spacial score (nSPS) is 22.3. The third kappa shape index (κ3) is 6.45. The van der Waals surface area contributed by atoms with E-state index in [4.69, 9.17) is 4.74 Å². The Bertz CT molecular complexity index is 825. The summed E-state index contributed by atoms with van der Waals surface area (Å²) in [6, 6.07) is 0.00805. The Kier molecular flexibility index (Phi) is 8.88. The monoisotopic (exact) mass is 436 g/mol. The molecular weight excluding hydrogens is 402 g/mol. The third-order valence-electron chi connectivity index (χ3n) is 5.15. The number of nitrogens with zero attached hydrogens (tertiary/aromatic N) is 2. The highest BCUT2D eigenvalue weighted by molar-refractivity contribution is 5.44. The number of allylic oxidation sites excluding steroid dienone is 6. The van der Waals surface area contributed by atoms with Crippen LogP contribution in [0.2, 0.25) is 0 Å². The number of ether oxygens (including phenoxy) is 1. The average molecular weight is 437 g/mol. The van der Waals surface area contributed by atoms with Gasteiger partial charge in [0.2, 0.25) is 0 Å². The van der Waals surface area contributed by atoms with Crippen LogP contribution in [0.25, 0.3) is 0 Å². The maximum Gasteiger partial charge on any atom is 0.189 e. The van der Waals surface area contributed by atoms with Crippen LogP contribution in [0.4, 0.5) is 8.78 Å². The number of halogens is 2. The first-order valence-electron chi connectivity index (χ1n) is 10.4. The zero-order valence-corrected chi connectivity index (χ0v) is 19.0. The topological polar surface area (TPSA) is 60.0 Å². The highest BCUT2D eigenvalue weighted by Gasteiger charge is 2.30. The zero-order valence-electron chi connectivity index (χ0n) is 19.0. The molecule has 0 aromatic heterocycles. The molecule has 2 aliphatic heterocycles. The number of aliphatic hydroxyl groups excluding tert-OH is 1. The van der Waals surface area contributed by atoms with Crippen molar-refractivity contribution in [3.05, 3.63) is 71.0 Å². The van der Waals surface area contributed by atoms with Gasteiger partial charge in [0.1, 0.15) is 23.5 Å². The molecular formula is C23H34F2N4O2. The Labute approximate surface area is 183 Å². The van der Waals surface area contributed by atoms with E-state index < -0.39 is 11.7 Å². The molecule has 2 heterocycles. The first kappa shape index (κ1) is 24.7. The van der Waals surface area contributed by atoms with Gasteiger partial charge in [-0.05, 0) is 56.1 Å². The standard InChI is InChI=1S/C15H23N3O2.C8H11F2N/c1-10-6-15(20-12-4-5-12)17(2)8-13(10)14-7-11(9-19)16-18(14)3;1-4-6(9)8(11-3)7(10)5-2/h6-7,11-12,16,19H,4-5,8-9H2,1-3H3;4-5,11H,1H2,2-3H3/b;7-5+,8-6-. The van der Waals surface area contributed by atoms with Gasteiger partial charge in [-0.3, -0.25) is 0 Å². The van der Waals surface area contributed by atoms with E-state index in [1.54, 1.807) is 0 Å². The van der Waals surface area contributed by atoms with Crippen molar-refractivity contribution in [1.82, 2.24) is 20.7 Å². The SMILES string of the molecule is C=C/C(F)=C(NC)\C(F)=C/C.CC1=C(C2=CC(CO)NN2C)CN(C)C(OC2CC2)=C1. The zero-order chi connectivity index (χ0) is 23.1. The third-order valence-corrected chi connectivity index (χ3v) is 5.15. The second kappa shape index (κ2) is 11.2. The van der Waals surface area contributed by atoms with Gasteiger partial charge >= 0.3 is 0 Å². The maximum absolute atomic E-state index is 12.7. The summed E-state index contributed by atoms with van der Waals surface area (Å²) in [4.78, 5) is 2.15. The molecule has 3 aliphatic rings. The van der Waals surface area contributed by atoms with Crippen LogP contribution in [0.1, 0.15) is 26.7 Å². The quantitative estimate of drug-likeness (QED) is 0.532. The van der Waals surface area contributed by atoms with Crippen LogP contribution in [0.3, 0.4) is 0 Å². The smallest absolute Gasteiger partial charge is 0.189 e. The van der Waals surface area contributed by atoms with Crippen molar-refractivity contribution >= 4 is 0 Å². The molecule has 3 rings (SSSR count). The average Bonchev–Trinajstić information content (AvgIpc) is 3.50. The number of nitrogens with one attached hydrogen (secondary N) is 2. The lowest BCUT2D eigenvalue weighted by Crippen LogP contribution is -2.37. The van der Waals surface area contributed by atoms with E-state index in [-0.39, 0.29) is 18.3 Å². The number of hydrogen-bond acceptors (Lipinski definition) is 6. The van der Waals surface area contributed by atoms with Crippen LogP contribution < -0.4 is 10.7 Å². The van der Waals surface area contributed by atoms with Crippen molar-refractivity contribution in [2.45, 2.75) is 38.8 Å². The molecule has 6 nitrogen and oxygen atoms in total. The summed E-state index contributed by atoms with van der Waals surface area (Å²) >= 11 is 0. The summed E-state index contributed by atoms with van der Waals surface area (Å²) in [7, 11) is 5.50. The lowest BCUT2D eigenvalue weighted by Gasteiger charge is -2.31. The van der Waals surface area contributed by atoms with Gasteiger partial charge in [-0.25, -0.2) is 14.2 Å². The van der Waals surface area contributed by atoms with Gasteiger partial charge in [0.05, 0.1) is 18.3 Å². The molecule has 0 bridgehead atoms. The molecule has 0 saturated heterocycles. The summed E-state index contributed by atoms with van der Waals surface area (Å²) in [5.41, 5.74) is 6.72. The molecule has 8 heteroatoms. The Morgan fingerprint density at radius 2 is 2.06 bits per heavy atom. The van der Waals surface area contributed by atoms with Crippen molar-refractivity contribution in [2.24, 2.45) is 0 Å². The number of aliphatic hydroxyl groups is 1. The molecule has 0 aromatic carbocycles. The summed E-state index contributed by atoms with van der Waals surface area (Å²) in [5.74, 6) is -0.338. The first-order chi connectivity index (χ1) is 14.7. The fraction of sp³-hybridized carbons (Fsp3) is 0.478. The number of likely N-dealkylation sites (N-methyl/N-ethyl adjacent to an activating group) is 3. The minimum absolute atomic E-state index is 0.00805. The summed E-state index contributed by atoms with van der Waals surface area (Å²) in [5, 5.41) is 13.7. The maximum atomic E-state index is 12.7. The van der Waals surface area contributed by atoms with Gasteiger partial charge in [-0.15, -0.1) is 0 Å². The fourth-order valence-corrected chi connectivity index (χ4v) is 3.24. The van der Waals surface area contributed by atoms with Crippen molar-refractivity contribution in [2.75, 3.05) is 34.3 Å². The summed E-state index contributed by atoms with van der Waals surface area (Å²) in [6.07, 6.45) is 9.12. The van der Waals surface area contributed by atoms with E-state index in [2.05, 4.69) is 48.3 Å². The molecule has 3 N–H and O–H groups in total. The van der Waals surface area contributed by atoms with E-state index >= 15 is 0 Å². The predicted molar refractivity (Wildman–Crippen MR) is 120 cm³/mol. The first-order valence-corrected chi connectivity index (χ1v) is 10.4. The molecule has 1 unspecified atom stereocenters. The molecule has 0 radical (unpaired) electrons. The molecule has 1 saturated carbocycles. The molecule has 1 atom stereocenters.